The summed E-state index contributed by atoms with van der Waals surface area (Å²) in [6.07, 6.45) is 1.79. The van der Waals surface area contributed by atoms with Gasteiger partial charge in [-0.05, 0) is 109 Å². The summed E-state index contributed by atoms with van der Waals surface area (Å²) in [6.45, 7) is 0. The van der Waals surface area contributed by atoms with E-state index in [0.29, 0.717) is 15.9 Å². The Morgan fingerprint density at radius 3 is 2.25 bits per heavy atom. The summed E-state index contributed by atoms with van der Waals surface area (Å²) in [5.41, 5.74) is 1.78. The van der Waals surface area contributed by atoms with Crippen LogP contribution in [0.25, 0.3) is 0 Å². The normalized spacial score (nSPS) is 16.6. The quantitative estimate of drug-likeness (QED) is 0.182. The molecule has 3 heterocycles. The molecule has 200 valence electrons. The number of hydrogen-bond acceptors (Lipinski definition) is 6. The molecule has 0 bridgehead atoms. The highest BCUT2D eigenvalue weighted by Gasteiger charge is 2.42. The number of rotatable bonds is 8. The fourth-order valence-corrected chi connectivity index (χ4v) is 5.79. The van der Waals surface area contributed by atoms with E-state index < -0.39 is 0 Å². The smallest absolute Gasteiger partial charge is 0.174 e. The van der Waals surface area contributed by atoms with Gasteiger partial charge in [-0.15, -0.1) is 0 Å². The minimum absolute atomic E-state index is 0.205. The van der Waals surface area contributed by atoms with Gasteiger partial charge >= 0.3 is 0 Å². The summed E-state index contributed by atoms with van der Waals surface area (Å²) in [5.74, 6) is 2.99. The van der Waals surface area contributed by atoms with E-state index in [0.717, 1.165) is 38.6 Å². The Kier molecular flexibility index (Phi) is 7.64. The highest BCUT2D eigenvalue weighted by molar-refractivity contribution is 7.99. The maximum atomic E-state index is 6.40. The van der Waals surface area contributed by atoms with Crippen LogP contribution in [0, 0.1) is 0 Å². The summed E-state index contributed by atoms with van der Waals surface area (Å²) in [5, 5.41) is 5.53. The summed E-state index contributed by atoms with van der Waals surface area (Å²) in [4.78, 5) is 7.73. The zero-order valence-corrected chi connectivity index (χ0v) is 23.7. The van der Waals surface area contributed by atoms with Crippen LogP contribution in [-0.2, 0) is 0 Å². The predicted octanol–water partition coefficient (Wildman–Crippen LogP) is 8.46. The second-order valence-corrected chi connectivity index (χ2v) is 10.9. The third-order valence-corrected chi connectivity index (χ3v) is 7.93. The van der Waals surface area contributed by atoms with Crippen LogP contribution in [-0.4, -0.2) is 17.2 Å². The minimum atomic E-state index is -0.254. The third-order valence-electron chi connectivity index (χ3n) is 6.43. The third kappa shape index (κ3) is 5.65. The number of nitrogens with one attached hydrogen (secondary N) is 1. The molecule has 0 saturated carbocycles. The topological polar surface area (TPSA) is 59.8 Å². The van der Waals surface area contributed by atoms with Gasteiger partial charge in [-0.1, -0.05) is 29.4 Å². The van der Waals surface area contributed by atoms with Crippen molar-refractivity contribution in [3.05, 3.63) is 126 Å². The number of halogens is 1. The largest absolute Gasteiger partial charge is 0.497 e. The van der Waals surface area contributed by atoms with E-state index in [1.807, 2.05) is 103 Å². The van der Waals surface area contributed by atoms with Gasteiger partial charge < -0.3 is 24.1 Å². The first-order valence-electron chi connectivity index (χ1n) is 12.5. The number of anilines is 1. The van der Waals surface area contributed by atoms with Crippen LogP contribution in [0.3, 0.4) is 0 Å². The molecule has 1 saturated heterocycles. The van der Waals surface area contributed by atoms with E-state index in [1.54, 1.807) is 13.3 Å². The first-order valence-corrected chi connectivity index (χ1v) is 14.1. The second kappa shape index (κ2) is 11.6. The average molecular weight is 586 g/mol. The lowest BCUT2D eigenvalue weighted by Crippen LogP contribution is -2.29. The number of ether oxygens (including phenoxy) is 2. The first-order chi connectivity index (χ1) is 19.6. The molecule has 3 aromatic carbocycles. The lowest BCUT2D eigenvalue weighted by atomic mass is 10.0. The predicted molar refractivity (Wildman–Crippen MR) is 162 cm³/mol. The van der Waals surface area contributed by atoms with E-state index in [1.165, 1.54) is 11.8 Å². The molecular formula is C31H24ClN3O3S2. The molecule has 0 aliphatic carbocycles. The van der Waals surface area contributed by atoms with Crippen molar-refractivity contribution in [2.45, 2.75) is 22.1 Å². The van der Waals surface area contributed by atoms with Crippen molar-refractivity contribution in [3.8, 4) is 17.2 Å². The molecule has 6 rings (SSSR count). The van der Waals surface area contributed by atoms with Crippen molar-refractivity contribution < 1.29 is 13.9 Å². The zero-order valence-electron chi connectivity index (χ0n) is 21.4. The van der Waals surface area contributed by atoms with Gasteiger partial charge in [0.1, 0.15) is 29.1 Å². The maximum absolute atomic E-state index is 6.40. The molecular weight excluding hydrogens is 562 g/mol. The number of methoxy groups -OCH3 is 1. The maximum Gasteiger partial charge on any atom is 0.174 e. The first kappa shape index (κ1) is 26.3. The van der Waals surface area contributed by atoms with Crippen LogP contribution in [0.4, 0.5) is 5.69 Å². The Morgan fingerprint density at radius 2 is 1.57 bits per heavy atom. The molecule has 6 nitrogen and oxygen atoms in total. The van der Waals surface area contributed by atoms with E-state index >= 15 is 0 Å². The standard InChI is InChI=1S/C31H24ClN3O3S2/c1-36-22-11-13-24(14-12-22)37-23-9-7-21(8-10-23)35-30(29(34-31(35)39)26-4-2-3-19-33-26)27-17-18-28(38-27)40-25-15-5-20(32)6-16-25/h2-19,29-30H,1H3,(H,34,39)/t29-,30-/m1/s1. The van der Waals surface area contributed by atoms with Crippen LogP contribution in [0.1, 0.15) is 23.5 Å². The molecule has 1 fully saturated rings. The molecule has 1 N–H and O–H groups in total. The molecule has 2 aromatic heterocycles. The van der Waals surface area contributed by atoms with Crippen molar-refractivity contribution in [1.29, 1.82) is 0 Å². The highest BCUT2D eigenvalue weighted by atomic mass is 35.5. The number of thiocarbonyl (C=S) groups is 1. The van der Waals surface area contributed by atoms with Gasteiger partial charge in [-0.2, -0.15) is 0 Å². The monoisotopic (exact) mass is 585 g/mol. The Morgan fingerprint density at radius 1 is 0.875 bits per heavy atom. The number of furan rings is 1. The Bertz CT molecular complexity index is 1590. The summed E-state index contributed by atoms with van der Waals surface area (Å²) in [7, 11) is 1.64. The van der Waals surface area contributed by atoms with Crippen molar-refractivity contribution in [1.82, 2.24) is 10.3 Å². The van der Waals surface area contributed by atoms with Gasteiger partial charge in [-0.3, -0.25) is 4.98 Å². The van der Waals surface area contributed by atoms with Gasteiger partial charge in [0.15, 0.2) is 10.2 Å². The van der Waals surface area contributed by atoms with Crippen LogP contribution < -0.4 is 19.7 Å². The number of pyridine rings is 1. The summed E-state index contributed by atoms with van der Waals surface area (Å²) < 4.78 is 17.7. The van der Waals surface area contributed by atoms with Gasteiger partial charge in [-0.25, -0.2) is 0 Å². The lowest BCUT2D eigenvalue weighted by molar-refractivity contribution is 0.383. The summed E-state index contributed by atoms with van der Waals surface area (Å²) in [6, 6.07) is 32.4. The van der Waals surface area contributed by atoms with E-state index in [9.17, 15) is 0 Å². The van der Waals surface area contributed by atoms with E-state index in [-0.39, 0.29) is 12.1 Å². The molecule has 2 atom stereocenters. The molecule has 5 aromatic rings. The van der Waals surface area contributed by atoms with Crippen molar-refractivity contribution in [2.75, 3.05) is 12.0 Å². The SMILES string of the molecule is COc1ccc(Oc2ccc(N3C(=S)N[C@H](c4ccccn4)[C@H]3c3ccc(Sc4ccc(Cl)cc4)o3)cc2)cc1. The fourth-order valence-electron chi connectivity index (χ4n) is 4.54. The lowest BCUT2D eigenvalue weighted by Gasteiger charge is -2.26. The molecule has 0 radical (unpaired) electrons. The van der Waals surface area contributed by atoms with Crippen molar-refractivity contribution >= 4 is 46.4 Å². The fraction of sp³-hybridized carbons (Fsp3) is 0.0968. The van der Waals surface area contributed by atoms with Crippen LogP contribution in [0.15, 0.2) is 124 Å². The van der Waals surface area contributed by atoms with Gasteiger partial charge in [0.25, 0.3) is 0 Å². The molecule has 9 heteroatoms. The minimum Gasteiger partial charge on any atom is -0.497 e. The van der Waals surface area contributed by atoms with Crippen LogP contribution >= 0.6 is 35.6 Å². The number of aromatic nitrogens is 1. The van der Waals surface area contributed by atoms with Gasteiger partial charge in [0.2, 0.25) is 0 Å². The highest BCUT2D eigenvalue weighted by Crippen LogP contribution is 2.44. The average Bonchev–Trinajstić information content (AvgIpc) is 3.59. The number of benzene rings is 3. The zero-order chi connectivity index (χ0) is 27.5. The number of nitrogens with zero attached hydrogens (tertiary/aromatic N) is 2. The van der Waals surface area contributed by atoms with Gasteiger partial charge in [0.05, 0.1) is 18.8 Å². The molecule has 0 unspecified atom stereocenters. The Balaban J connectivity index is 1.29. The van der Waals surface area contributed by atoms with Gasteiger partial charge in [0, 0.05) is 21.8 Å². The van der Waals surface area contributed by atoms with Crippen LogP contribution in [0.2, 0.25) is 5.02 Å². The molecule has 0 spiro atoms. The van der Waals surface area contributed by atoms with E-state index in [2.05, 4.69) is 15.2 Å². The Hall–Kier alpha value is -3.98. The number of hydrogen-bond donors (Lipinski definition) is 1. The molecule has 40 heavy (non-hydrogen) atoms. The van der Waals surface area contributed by atoms with Crippen LogP contribution in [0.5, 0.6) is 17.2 Å². The van der Waals surface area contributed by atoms with E-state index in [4.69, 9.17) is 37.7 Å². The summed E-state index contributed by atoms with van der Waals surface area (Å²) >= 11 is 13.4. The molecule has 1 aliphatic heterocycles. The molecule has 1 aliphatic rings. The van der Waals surface area contributed by atoms with Crippen molar-refractivity contribution in [2.24, 2.45) is 0 Å². The Labute approximate surface area is 246 Å². The molecule has 0 amide bonds. The second-order valence-electron chi connectivity index (χ2n) is 8.98. The van der Waals surface area contributed by atoms with Crippen molar-refractivity contribution in [3.63, 3.8) is 0 Å².